The molecule has 1 atom stereocenters. The van der Waals surface area contributed by atoms with Crippen LogP contribution >= 0.6 is 0 Å². The maximum Gasteiger partial charge on any atom is 0.323 e. The summed E-state index contributed by atoms with van der Waals surface area (Å²) in [6.07, 6.45) is 1.04. The molecule has 0 saturated carbocycles. The van der Waals surface area contributed by atoms with E-state index in [9.17, 15) is 9.59 Å². The molecule has 0 fully saturated rings. The Labute approximate surface area is 108 Å². The second-order valence-corrected chi connectivity index (χ2v) is 4.90. The number of carbonyl (C=O) groups is 2. The Morgan fingerprint density at radius 3 is 2.33 bits per heavy atom. The largest absolute Gasteiger partial charge is 0.480 e. The van der Waals surface area contributed by atoms with Crippen LogP contribution in [0.25, 0.3) is 0 Å². The highest BCUT2D eigenvalue weighted by atomic mass is 16.5. The van der Waals surface area contributed by atoms with Gasteiger partial charge < -0.3 is 14.6 Å². The third kappa shape index (κ3) is 5.49. The number of carbonyl (C=O) groups excluding carboxylic acids is 1. The van der Waals surface area contributed by atoms with Gasteiger partial charge in [-0.15, -0.1) is 0 Å². The number of hydrogen-bond acceptors (Lipinski definition) is 4. The molecule has 1 N–H and O–H groups in total. The van der Waals surface area contributed by atoms with Crippen LogP contribution in [-0.2, 0) is 19.1 Å². The predicted octanol–water partition coefficient (Wildman–Crippen LogP) is 2.09. The summed E-state index contributed by atoms with van der Waals surface area (Å²) in [7, 11) is 0. The second-order valence-electron chi connectivity index (χ2n) is 4.90. The molecule has 0 aromatic rings. The van der Waals surface area contributed by atoms with Crippen LogP contribution in [0.2, 0.25) is 0 Å². The zero-order chi connectivity index (χ0) is 14.2. The average molecular weight is 260 g/mol. The van der Waals surface area contributed by atoms with Crippen LogP contribution in [0, 0.1) is 11.3 Å². The molecule has 5 heteroatoms. The number of esters is 1. The second kappa shape index (κ2) is 8.08. The van der Waals surface area contributed by atoms with Crippen LogP contribution in [-0.4, -0.2) is 36.9 Å². The Hall–Kier alpha value is -1.10. The Morgan fingerprint density at radius 1 is 1.28 bits per heavy atom. The molecule has 18 heavy (non-hydrogen) atoms. The van der Waals surface area contributed by atoms with Crippen LogP contribution in [0.4, 0.5) is 0 Å². The van der Waals surface area contributed by atoms with E-state index in [1.807, 2.05) is 0 Å². The van der Waals surface area contributed by atoms with Gasteiger partial charge in [0.05, 0.1) is 6.61 Å². The van der Waals surface area contributed by atoms with E-state index in [1.165, 1.54) is 6.92 Å². The van der Waals surface area contributed by atoms with Gasteiger partial charge in [-0.25, -0.2) is 0 Å². The molecule has 0 rings (SSSR count). The predicted molar refractivity (Wildman–Crippen MR) is 67.3 cm³/mol. The Bertz CT molecular complexity index is 275. The van der Waals surface area contributed by atoms with Gasteiger partial charge in [0.15, 0.2) is 5.41 Å². The highest BCUT2D eigenvalue weighted by molar-refractivity contribution is 5.98. The number of hydrogen-bond donors (Lipinski definition) is 1. The fraction of sp³-hybridized carbons (Fsp3) is 0.846. The monoisotopic (exact) mass is 260 g/mol. The summed E-state index contributed by atoms with van der Waals surface area (Å²) >= 11 is 0. The molecule has 0 heterocycles. The lowest BCUT2D eigenvalue weighted by molar-refractivity contribution is -0.168. The maximum absolute atomic E-state index is 11.6. The van der Waals surface area contributed by atoms with E-state index in [0.717, 1.165) is 6.42 Å². The van der Waals surface area contributed by atoms with Crippen molar-refractivity contribution in [1.82, 2.24) is 0 Å². The maximum atomic E-state index is 11.6. The van der Waals surface area contributed by atoms with Crippen LogP contribution < -0.4 is 0 Å². The minimum Gasteiger partial charge on any atom is -0.480 e. The van der Waals surface area contributed by atoms with E-state index in [0.29, 0.717) is 12.5 Å². The first-order valence-electron chi connectivity index (χ1n) is 6.33. The third-order valence-corrected chi connectivity index (χ3v) is 2.78. The van der Waals surface area contributed by atoms with Gasteiger partial charge in [-0.1, -0.05) is 13.8 Å². The van der Waals surface area contributed by atoms with Gasteiger partial charge in [-0.2, -0.15) is 0 Å². The Kier molecular flexibility index (Phi) is 7.59. The molecule has 0 bridgehead atoms. The van der Waals surface area contributed by atoms with Crippen molar-refractivity contribution in [3.05, 3.63) is 0 Å². The van der Waals surface area contributed by atoms with Crippen molar-refractivity contribution in [2.45, 2.75) is 40.5 Å². The number of ether oxygens (including phenoxy) is 2. The van der Waals surface area contributed by atoms with Crippen LogP contribution in [0.15, 0.2) is 0 Å². The van der Waals surface area contributed by atoms with Crippen molar-refractivity contribution < 1.29 is 24.2 Å². The van der Waals surface area contributed by atoms with Gasteiger partial charge in [-0.05, 0) is 32.6 Å². The molecule has 0 aliphatic carbocycles. The molecular formula is C13H24O5. The smallest absolute Gasteiger partial charge is 0.323 e. The summed E-state index contributed by atoms with van der Waals surface area (Å²) in [4.78, 5) is 22.8. The van der Waals surface area contributed by atoms with Crippen LogP contribution in [0.5, 0.6) is 0 Å². The molecule has 0 aliphatic heterocycles. The summed E-state index contributed by atoms with van der Waals surface area (Å²) in [5.74, 6) is -1.33. The average Bonchev–Trinajstić information content (AvgIpc) is 2.27. The number of carboxylic acid groups (broad SMARTS) is 1. The zero-order valence-electron chi connectivity index (χ0n) is 11.7. The van der Waals surface area contributed by atoms with Gasteiger partial charge in [0, 0.05) is 13.2 Å². The minimum absolute atomic E-state index is 0.124. The van der Waals surface area contributed by atoms with E-state index in [4.69, 9.17) is 14.6 Å². The molecule has 0 radical (unpaired) electrons. The molecule has 0 saturated heterocycles. The molecule has 0 amide bonds. The molecule has 0 aromatic carbocycles. The van der Waals surface area contributed by atoms with Gasteiger partial charge in [0.25, 0.3) is 0 Å². The first-order chi connectivity index (χ1) is 8.34. The molecule has 0 aliphatic rings. The highest BCUT2D eigenvalue weighted by Crippen LogP contribution is 2.24. The molecule has 0 aromatic heterocycles. The van der Waals surface area contributed by atoms with Gasteiger partial charge in [0.1, 0.15) is 0 Å². The first-order valence-corrected chi connectivity index (χ1v) is 6.33. The number of carboxylic acids is 1. The van der Waals surface area contributed by atoms with Crippen molar-refractivity contribution in [1.29, 1.82) is 0 Å². The van der Waals surface area contributed by atoms with E-state index < -0.39 is 17.4 Å². The van der Waals surface area contributed by atoms with Crippen molar-refractivity contribution in [3.8, 4) is 0 Å². The molecule has 5 nitrogen and oxygen atoms in total. The summed E-state index contributed by atoms with van der Waals surface area (Å²) in [6, 6.07) is 0. The lowest BCUT2D eigenvalue weighted by Gasteiger charge is -2.22. The molecule has 0 spiro atoms. The van der Waals surface area contributed by atoms with E-state index >= 15 is 0 Å². The fourth-order valence-electron chi connectivity index (χ4n) is 1.28. The van der Waals surface area contributed by atoms with Crippen LogP contribution in [0.1, 0.15) is 40.5 Å². The minimum atomic E-state index is -1.52. The highest BCUT2D eigenvalue weighted by Gasteiger charge is 2.42. The lowest BCUT2D eigenvalue weighted by atomic mass is 9.87. The normalized spacial score (nSPS) is 14.3. The lowest BCUT2D eigenvalue weighted by Crippen LogP contribution is -2.39. The number of rotatable bonds is 9. The fourth-order valence-corrected chi connectivity index (χ4v) is 1.28. The SMILES string of the molecule is CCOC(=O)C(C)(CCOCCC(C)C)C(=O)O. The van der Waals surface area contributed by atoms with Crippen molar-refractivity contribution in [2.24, 2.45) is 11.3 Å². The standard InChI is InChI=1S/C13H24O5/c1-5-18-12(16)13(4,11(14)15)7-9-17-8-6-10(2)3/h10H,5-9H2,1-4H3,(H,14,15). The van der Waals surface area contributed by atoms with Gasteiger partial charge >= 0.3 is 11.9 Å². The van der Waals surface area contributed by atoms with Gasteiger partial charge in [-0.3, -0.25) is 9.59 Å². The first kappa shape index (κ1) is 16.9. The summed E-state index contributed by atoms with van der Waals surface area (Å²) in [5, 5.41) is 9.12. The van der Waals surface area contributed by atoms with E-state index in [1.54, 1.807) is 6.92 Å². The molecule has 106 valence electrons. The van der Waals surface area contributed by atoms with Gasteiger partial charge in [0.2, 0.25) is 0 Å². The van der Waals surface area contributed by atoms with E-state index in [2.05, 4.69) is 13.8 Å². The third-order valence-electron chi connectivity index (χ3n) is 2.78. The van der Waals surface area contributed by atoms with Crippen LogP contribution in [0.3, 0.4) is 0 Å². The molecular weight excluding hydrogens is 236 g/mol. The zero-order valence-corrected chi connectivity index (χ0v) is 11.7. The quantitative estimate of drug-likeness (QED) is 0.390. The number of aliphatic carboxylic acids is 1. The van der Waals surface area contributed by atoms with Crippen molar-refractivity contribution >= 4 is 11.9 Å². The molecule has 1 unspecified atom stereocenters. The summed E-state index contributed by atoms with van der Waals surface area (Å²) < 4.78 is 10.1. The van der Waals surface area contributed by atoms with Crippen molar-refractivity contribution in [3.63, 3.8) is 0 Å². The Balaban J connectivity index is 4.20. The topological polar surface area (TPSA) is 72.8 Å². The summed E-state index contributed by atoms with van der Waals surface area (Å²) in [6.45, 7) is 8.20. The van der Waals surface area contributed by atoms with E-state index in [-0.39, 0.29) is 19.6 Å². The summed E-state index contributed by atoms with van der Waals surface area (Å²) in [5.41, 5.74) is -1.52. The van der Waals surface area contributed by atoms with Crippen molar-refractivity contribution in [2.75, 3.05) is 19.8 Å². The Morgan fingerprint density at radius 2 is 1.89 bits per heavy atom.